The minimum Gasteiger partial charge on any atom is -0.339 e. The van der Waals surface area contributed by atoms with Gasteiger partial charge >= 0.3 is 0 Å². The van der Waals surface area contributed by atoms with Crippen LogP contribution in [0.2, 0.25) is 0 Å². The number of imidazole rings is 1. The van der Waals surface area contributed by atoms with E-state index in [0.29, 0.717) is 6.04 Å². The minimum absolute atomic E-state index is 0.0885. The van der Waals surface area contributed by atoms with Gasteiger partial charge in [-0.05, 0) is 60.5 Å². The van der Waals surface area contributed by atoms with Crippen molar-refractivity contribution < 1.29 is 4.79 Å². The van der Waals surface area contributed by atoms with Gasteiger partial charge in [-0.2, -0.15) is 0 Å². The Morgan fingerprint density at radius 1 is 1.12 bits per heavy atom. The van der Waals surface area contributed by atoms with Crippen molar-refractivity contribution in [3.8, 4) is 0 Å². The zero-order valence-electron chi connectivity index (χ0n) is 18.1. The molecule has 0 aliphatic carbocycles. The summed E-state index contributed by atoms with van der Waals surface area (Å²) in [6.07, 6.45) is 8.04. The number of nitrogens with zero attached hydrogens (tertiary/aromatic N) is 4. The Kier molecular flexibility index (Phi) is 5.86. The van der Waals surface area contributed by atoms with E-state index in [-0.39, 0.29) is 5.91 Å². The highest BCUT2D eigenvalue weighted by Crippen LogP contribution is 2.29. The maximum Gasteiger partial charge on any atom is 0.246 e. The molecule has 0 unspecified atom stereocenters. The summed E-state index contributed by atoms with van der Waals surface area (Å²) in [6.45, 7) is 3.64. The number of aryl methyl sites for hydroxylation is 1. The molecule has 1 aliphatic rings. The summed E-state index contributed by atoms with van der Waals surface area (Å²) in [6, 6.07) is 16.8. The lowest BCUT2D eigenvalue weighted by Crippen LogP contribution is -2.38. The molecule has 1 saturated heterocycles. The highest BCUT2D eigenvalue weighted by Gasteiger charge is 2.26. The quantitative estimate of drug-likeness (QED) is 0.396. The molecule has 1 fully saturated rings. The number of carbonyl (C=O) groups is 1. The van der Waals surface area contributed by atoms with Crippen molar-refractivity contribution in [1.82, 2.24) is 19.4 Å². The first-order valence-electron chi connectivity index (χ1n) is 11.1. The fraction of sp³-hybridized carbons (Fsp3) is 0.269. The maximum atomic E-state index is 12.7. The highest BCUT2D eigenvalue weighted by molar-refractivity contribution is 7.10. The third kappa shape index (κ3) is 4.23. The molecule has 1 aliphatic heterocycles. The first-order chi connectivity index (χ1) is 15.7. The number of rotatable bonds is 5. The number of piperidine rings is 1. The lowest BCUT2D eigenvalue weighted by molar-refractivity contribution is -0.127. The van der Waals surface area contributed by atoms with Crippen LogP contribution in [0.25, 0.3) is 17.2 Å². The summed E-state index contributed by atoms with van der Waals surface area (Å²) in [7, 11) is 0. The van der Waals surface area contributed by atoms with E-state index in [0.717, 1.165) is 54.2 Å². The van der Waals surface area contributed by atoms with Gasteiger partial charge in [0, 0.05) is 42.7 Å². The second-order valence-corrected chi connectivity index (χ2v) is 9.23. The molecule has 0 atom stereocenters. The number of hydrogen-bond acceptors (Lipinski definition) is 4. The van der Waals surface area contributed by atoms with E-state index in [1.54, 1.807) is 17.4 Å². The molecular formula is C26H26N4OS. The largest absolute Gasteiger partial charge is 0.339 e. The molecule has 5 nitrogen and oxygen atoms in total. The van der Waals surface area contributed by atoms with Gasteiger partial charge in [0.2, 0.25) is 5.91 Å². The van der Waals surface area contributed by atoms with Crippen LogP contribution in [0, 0.1) is 6.92 Å². The van der Waals surface area contributed by atoms with E-state index in [4.69, 9.17) is 4.98 Å². The van der Waals surface area contributed by atoms with E-state index in [1.807, 2.05) is 46.8 Å². The van der Waals surface area contributed by atoms with E-state index in [9.17, 15) is 4.79 Å². The van der Waals surface area contributed by atoms with Crippen LogP contribution >= 0.6 is 11.3 Å². The van der Waals surface area contributed by atoms with Crippen molar-refractivity contribution in [3.63, 3.8) is 0 Å². The van der Waals surface area contributed by atoms with Crippen LogP contribution in [0.1, 0.15) is 40.7 Å². The fourth-order valence-corrected chi connectivity index (χ4v) is 5.07. The van der Waals surface area contributed by atoms with E-state index in [1.165, 1.54) is 11.1 Å². The van der Waals surface area contributed by atoms with E-state index in [2.05, 4.69) is 40.7 Å². The van der Waals surface area contributed by atoms with Crippen molar-refractivity contribution in [2.75, 3.05) is 13.1 Å². The topological polar surface area (TPSA) is 51.0 Å². The third-order valence-corrected chi connectivity index (χ3v) is 7.04. The molecule has 0 bridgehead atoms. The number of benzene rings is 1. The number of likely N-dealkylation sites (tertiary alicyclic amines) is 1. The molecular weight excluding hydrogens is 416 g/mol. The summed E-state index contributed by atoms with van der Waals surface area (Å²) < 4.78 is 2.32. The molecule has 5 rings (SSSR count). The lowest BCUT2D eigenvalue weighted by Gasteiger charge is -2.33. The third-order valence-electron chi connectivity index (χ3n) is 6.21. The van der Waals surface area contributed by atoms with Crippen LogP contribution in [0.3, 0.4) is 0 Å². The zero-order valence-corrected chi connectivity index (χ0v) is 19.0. The van der Waals surface area contributed by atoms with Crippen molar-refractivity contribution in [2.24, 2.45) is 0 Å². The fourth-order valence-electron chi connectivity index (χ4n) is 4.45. The number of hydrogen-bond donors (Lipinski definition) is 0. The minimum atomic E-state index is 0.0885. The van der Waals surface area contributed by atoms with Crippen molar-refractivity contribution in [2.45, 2.75) is 32.2 Å². The van der Waals surface area contributed by atoms with Crippen LogP contribution in [0.15, 0.2) is 66.2 Å². The smallest absolute Gasteiger partial charge is 0.246 e. The molecule has 4 aromatic rings. The van der Waals surface area contributed by atoms with Gasteiger partial charge in [0.1, 0.15) is 11.3 Å². The van der Waals surface area contributed by atoms with Crippen molar-refractivity contribution in [3.05, 3.63) is 88.0 Å². The highest BCUT2D eigenvalue weighted by atomic mass is 32.1. The van der Waals surface area contributed by atoms with Crippen LogP contribution in [0.4, 0.5) is 0 Å². The number of amides is 1. The molecule has 1 aromatic carbocycles. The van der Waals surface area contributed by atoms with Gasteiger partial charge < -0.3 is 9.47 Å². The lowest BCUT2D eigenvalue weighted by atomic mass is 10.0. The molecule has 0 N–H and O–H groups in total. The maximum absolute atomic E-state index is 12.7. The standard InChI is InChI=1S/C26H26N4OS/c1-19-6-2-3-7-20(19)18-24-28-23-9-4-14-27-26(23)30(24)21-12-15-29(16-13-21)25(31)11-10-22-8-5-17-32-22/h2-11,14,17,21H,12-13,15-16,18H2,1H3. The summed E-state index contributed by atoms with van der Waals surface area (Å²) in [5, 5.41) is 2.02. The van der Waals surface area contributed by atoms with Gasteiger partial charge in [0.05, 0.1) is 0 Å². The summed E-state index contributed by atoms with van der Waals surface area (Å²) in [5.74, 6) is 1.14. The molecule has 1 amide bonds. The Morgan fingerprint density at radius 2 is 1.97 bits per heavy atom. The average Bonchev–Trinajstić information content (AvgIpc) is 3.47. The molecule has 0 radical (unpaired) electrons. The van der Waals surface area contributed by atoms with E-state index < -0.39 is 0 Å². The second-order valence-electron chi connectivity index (χ2n) is 8.25. The van der Waals surface area contributed by atoms with E-state index >= 15 is 0 Å². The Balaban J connectivity index is 1.36. The molecule has 162 valence electrons. The van der Waals surface area contributed by atoms with Gasteiger partial charge in [-0.3, -0.25) is 4.79 Å². The number of fused-ring (bicyclic) bond motifs is 1. The van der Waals surface area contributed by atoms with Crippen molar-refractivity contribution >= 4 is 34.5 Å². The first-order valence-corrected chi connectivity index (χ1v) is 11.9. The summed E-state index contributed by atoms with van der Waals surface area (Å²) in [5.41, 5.74) is 4.44. The molecule has 3 aromatic heterocycles. The summed E-state index contributed by atoms with van der Waals surface area (Å²) in [4.78, 5) is 25.3. The number of aromatic nitrogens is 3. The SMILES string of the molecule is Cc1ccccc1Cc1nc2cccnc2n1C1CCN(C(=O)C=Cc2cccs2)CC1. The Labute approximate surface area is 192 Å². The van der Waals surface area contributed by atoms with Crippen molar-refractivity contribution in [1.29, 1.82) is 0 Å². The summed E-state index contributed by atoms with van der Waals surface area (Å²) >= 11 is 1.64. The second kappa shape index (κ2) is 9.09. The Morgan fingerprint density at radius 3 is 2.75 bits per heavy atom. The number of carbonyl (C=O) groups excluding carboxylic acids is 1. The molecule has 0 spiro atoms. The average molecular weight is 443 g/mol. The first kappa shape index (κ1) is 20.6. The normalized spacial score (nSPS) is 15.1. The number of thiophene rings is 1. The predicted octanol–water partition coefficient (Wildman–Crippen LogP) is 5.27. The zero-order chi connectivity index (χ0) is 21.9. The Hall–Kier alpha value is -3.25. The monoisotopic (exact) mass is 442 g/mol. The van der Waals surface area contributed by atoms with Crippen LogP contribution < -0.4 is 0 Å². The molecule has 32 heavy (non-hydrogen) atoms. The molecule has 6 heteroatoms. The number of pyridine rings is 1. The Bertz CT molecular complexity index is 1250. The van der Waals surface area contributed by atoms with Crippen LogP contribution in [0.5, 0.6) is 0 Å². The van der Waals surface area contributed by atoms with Gasteiger partial charge in [0.15, 0.2) is 5.65 Å². The molecule has 4 heterocycles. The van der Waals surface area contributed by atoms with Gasteiger partial charge in [0.25, 0.3) is 0 Å². The van der Waals surface area contributed by atoms with Gasteiger partial charge in [-0.1, -0.05) is 30.3 Å². The van der Waals surface area contributed by atoms with Crippen LogP contribution in [-0.2, 0) is 11.2 Å². The molecule has 0 saturated carbocycles. The van der Waals surface area contributed by atoms with Gasteiger partial charge in [-0.15, -0.1) is 11.3 Å². The van der Waals surface area contributed by atoms with Gasteiger partial charge in [-0.25, -0.2) is 9.97 Å². The van der Waals surface area contributed by atoms with Crippen LogP contribution in [-0.4, -0.2) is 38.4 Å². The predicted molar refractivity (Wildman–Crippen MR) is 130 cm³/mol.